The molecular weight excluding hydrogens is 554 g/mol. The molecule has 0 aliphatic rings. The molecule has 0 amide bonds. The summed E-state index contributed by atoms with van der Waals surface area (Å²) in [5.74, 6) is 2.36. The molecule has 3 aromatic carbocycles. The molecule has 6 aromatic rings. The number of fused-ring (bicyclic) bond motifs is 1. The Balaban J connectivity index is 1.41. The van der Waals surface area contributed by atoms with E-state index in [1.54, 1.807) is 21.3 Å². The van der Waals surface area contributed by atoms with Gasteiger partial charge < -0.3 is 18.8 Å². The van der Waals surface area contributed by atoms with Gasteiger partial charge in [0.2, 0.25) is 12.1 Å². The minimum Gasteiger partial charge on any atom is -0.497 e. The van der Waals surface area contributed by atoms with E-state index in [9.17, 15) is 0 Å². The van der Waals surface area contributed by atoms with E-state index in [0.717, 1.165) is 75.4 Å². The van der Waals surface area contributed by atoms with Gasteiger partial charge in [0.25, 0.3) is 0 Å². The molecule has 1 N–H and O–H groups in total. The lowest BCUT2D eigenvalue weighted by Gasteiger charge is -2.18. The number of hydrogen-bond acceptors (Lipinski definition) is 8. The zero-order valence-electron chi connectivity index (χ0n) is 25.3. The Morgan fingerprint density at radius 2 is 1.52 bits per heavy atom. The molecule has 0 saturated heterocycles. The van der Waals surface area contributed by atoms with Crippen molar-refractivity contribution in [3.8, 4) is 39.4 Å². The lowest BCUT2D eigenvalue weighted by molar-refractivity contribution is -0.108. The van der Waals surface area contributed by atoms with Crippen LogP contribution in [0.4, 0.5) is 0 Å². The van der Waals surface area contributed by atoms with Crippen LogP contribution in [-0.4, -0.2) is 56.5 Å². The van der Waals surface area contributed by atoms with Gasteiger partial charge >= 0.3 is 0 Å². The Kier molecular flexibility index (Phi) is 8.71. The van der Waals surface area contributed by atoms with Gasteiger partial charge in [-0.05, 0) is 52.1 Å². The highest BCUT2D eigenvalue weighted by atomic mass is 16.7. The van der Waals surface area contributed by atoms with Crippen molar-refractivity contribution in [2.45, 2.75) is 39.0 Å². The fourth-order valence-corrected chi connectivity index (χ4v) is 5.48. The standard InChI is InChI=1S/C34H35N7O3/c1-5-6-11-30-35-29-20-28(24-16-18-25(42-2)19-17-24)31(34(43-3)44-4)36-33(29)41(30)21-22-12-14-23(15-13-22)26-9-7-8-10-27(26)32-37-39-40-38-32/h7-10,12-20,34H,5-6,11,21H2,1-4H3,(H,37,38,39,40). The molecule has 224 valence electrons. The van der Waals surface area contributed by atoms with Crippen molar-refractivity contribution < 1.29 is 14.2 Å². The number of unbranched alkanes of at least 4 members (excludes halogenated alkanes) is 1. The lowest BCUT2D eigenvalue weighted by atomic mass is 9.98. The summed E-state index contributed by atoms with van der Waals surface area (Å²) >= 11 is 0. The van der Waals surface area contributed by atoms with Crippen LogP contribution in [0, 0.1) is 0 Å². The van der Waals surface area contributed by atoms with Gasteiger partial charge in [-0.1, -0.05) is 74.0 Å². The third kappa shape index (κ3) is 5.82. The van der Waals surface area contributed by atoms with Crippen LogP contribution < -0.4 is 4.74 Å². The number of aryl methyl sites for hydroxylation is 1. The van der Waals surface area contributed by atoms with Gasteiger partial charge in [0.15, 0.2) is 5.65 Å². The Bertz CT molecular complexity index is 1830. The third-order valence-corrected chi connectivity index (χ3v) is 7.75. The predicted octanol–water partition coefficient (Wildman–Crippen LogP) is 6.64. The maximum Gasteiger partial charge on any atom is 0.205 e. The zero-order valence-corrected chi connectivity index (χ0v) is 25.3. The van der Waals surface area contributed by atoms with Crippen LogP contribution in [-0.2, 0) is 22.4 Å². The summed E-state index contributed by atoms with van der Waals surface area (Å²) in [6.07, 6.45) is 2.32. The first-order valence-electron chi connectivity index (χ1n) is 14.7. The number of imidazole rings is 1. The number of tetrazole rings is 1. The summed E-state index contributed by atoms with van der Waals surface area (Å²) in [5.41, 5.74) is 8.40. The van der Waals surface area contributed by atoms with Crippen molar-refractivity contribution in [3.63, 3.8) is 0 Å². The van der Waals surface area contributed by atoms with Gasteiger partial charge in [-0.2, -0.15) is 5.21 Å². The Hall–Kier alpha value is -4.93. The SMILES string of the molecule is CCCCc1nc2cc(-c3ccc(OC)cc3)c(C(OC)OC)nc2n1Cc1ccc(-c2ccccc2-c2nn[nH]n2)cc1. The van der Waals surface area contributed by atoms with E-state index < -0.39 is 6.29 Å². The lowest BCUT2D eigenvalue weighted by Crippen LogP contribution is -2.11. The summed E-state index contributed by atoms with van der Waals surface area (Å²) < 4.78 is 19.0. The summed E-state index contributed by atoms with van der Waals surface area (Å²) in [6, 6.07) is 26.6. The number of ether oxygens (including phenoxy) is 3. The highest BCUT2D eigenvalue weighted by Crippen LogP contribution is 2.34. The Morgan fingerprint density at radius 3 is 2.18 bits per heavy atom. The number of aromatic nitrogens is 7. The van der Waals surface area contributed by atoms with Gasteiger partial charge in [-0.15, -0.1) is 10.2 Å². The van der Waals surface area contributed by atoms with Gasteiger partial charge in [0.05, 0.1) is 13.7 Å². The fourth-order valence-electron chi connectivity index (χ4n) is 5.48. The molecule has 3 heterocycles. The first-order chi connectivity index (χ1) is 21.6. The smallest absolute Gasteiger partial charge is 0.205 e. The number of nitrogens with one attached hydrogen (secondary N) is 1. The van der Waals surface area contributed by atoms with E-state index in [1.165, 1.54) is 0 Å². The summed E-state index contributed by atoms with van der Waals surface area (Å²) in [5, 5.41) is 14.6. The molecule has 3 aromatic heterocycles. The van der Waals surface area contributed by atoms with Crippen molar-refractivity contribution in [1.82, 2.24) is 35.2 Å². The number of H-pyrrole nitrogens is 1. The second-order valence-electron chi connectivity index (χ2n) is 10.5. The molecule has 0 aliphatic carbocycles. The van der Waals surface area contributed by atoms with Gasteiger partial charge in [-0.3, -0.25) is 0 Å². The molecule has 10 heteroatoms. The quantitative estimate of drug-likeness (QED) is 0.158. The highest BCUT2D eigenvalue weighted by molar-refractivity contribution is 5.82. The first kappa shape index (κ1) is 29.2. The topological polar surface area (TPSA) is 113 Å². The molecule has 0 aliphatic heterocycles. The van der Waals surface area contributed by atoms with Gasteiger partial charge in [-0.25, -0.2) is 9.97 Å². The average Bonchev–Trinajstić information content (AvgIpc) is 3.73. The van der Waals surface area contributed by atoms with E-state index in [4.69, 9.17) is 24.2 Å². The molecule has 10 nitrogen and oxygen atoms in total. The molecule has 0 saturated carbocycles. The maximum absolute atomic E-state index is 5.71. The summed E-state index contributed by atoms with van der Waals surface area (Å²) in [7, 11) is 4.91. The molecule has 0 fully saturated rings. The van der Waals surface area contributed by atoms with E-state index in [-0.39, 0.29) is 0 Å². The molecular formula is C34H35N7O3. The largest absolute Gasteiger partial charge is 0.497 e. The van der Waals surface area contributed by atoms with E-state index >= 15 is 0 Å². The van der Waals surface area contributed by atoms with Crippen LogP contribution in [0.2, 0.25) is 0 Å². The minimum atomic E-state index is -0.641. The van der Waals surface area contributed by atoms with Crippen LogP contribution in [0.5, 0.6) is 5.75 Å². The number of aromatic amines is 1. The van der Waals surface area contributed by atoms with Crippen molar-refractivity contribution in [2.24, 2.45) is 0 Å². The van der Waals surface area contributed by atoms with E-state index in [0.29, 0.717) is 18.1 Å². The molecule has 44 heavy (non-hydrogen) atoms. The van der Waals surface area contributed by atoms with Crippen molar-refractivity contribution in [2.75, 3.05) is 21.3 Å². The molecule has 0 spiro atoms. The zero-order chi connectivity index (χ0) is 30.5. The van der Waals surface area contributed by atoms with Crippen LogP contribution >= 0.6 is 0 Å². The molecule has 0 atom stereocenters. The van der Waals surface area contributed by atoms with Crippen LogP contribution in [0.25, 0.3) is 44.8 Å². The van der Waals surface area contributed by atoms with Crippen LogP contribution in [0.1, 0.15) is 43.1 Å². The normalized spacial score (nSPS) is 11.5. The number of pyridine rings is 1. The highest BCUT2D eigenvalue weighted by Gasteiger charge is 2.22. The first-order valence-corrected chi connectivity index (χ1v) is 14.7. The summed E-state index contributed by atoms with van der Waals surface area (Å²) in [4.78, 5) is 10.3. The predicted molar refractivity (Wildman–Crippen MR) is 169 cm³/mol. The molecule has 6 rings (SSSR count). The second kappa shape index (κ2) is 13.2. The number of nitrogens with zero attached hydrogens (tertiary/aromatic N) is 6. The Morgan fingerprint density at radius 1 is 0.818 bits per heavy atom. The van der Waals surface area contributed by atoms with Gasteiger partial charge in [0.1, 0.15) is 22.8 Å². The van der Waals surface area contributed by atoms with Crippen molar-refractivity contribution in [1.29, 1.82) is 0 Å². The van der Waals surface area contributed by atoms with Gasteiger partial charge in [0, 0.05) is 31.8 Å². The molecule has 0 unspecified atom stereocenters. The second-order valence-corrected chi connectivity index (χ2v) is 10.5. The third-order valence-electron chi connectivity index (χ3n) is 7.75. The van der Waals surface area contributed by atoms with E-state index in [1.807, 2.05) is 42.5 Å². The number of methoxy groups -OCH3 is 3. The van der Waals surface area contributed by atoms with Crippen LogP contribution in [0.15, 0.2) is 78.9 Å². The number of hydrogen-bond donors (Lipinski definition) is 1. The number of rotatable bonds is 12. The Labute approximate surface area is 256 Å². The minimum absolute atomic E-state index is 0.566. The van der Waals surface area contributed by atoms with E-state index in [2.05, 4.69) is 68.5 Å². The van der Waals surface area contributed by atoms with Crippen molar-refractivity contribution in [3.05, 3.63) is 95.9 Å². The molecule has 0 radical (unpaired) electrons. The fraction of sp³-hybridized carbons (Fsp3) is 0.265. The number of benzene rings is 3. The van der Waals surface area contributed by atoms with Crippen LogP contribution in [0.3, 0.4) is 0 Å². The monoisotopic (exact) mass is 589 g/mol. The maximum atomic E-state index is 5.71. The van der Waals surface area contributed by atoms with Crippen molar-refractivity contribution >= 4 is 11.2 Å². The summed E-state index contributed by atoms with van der Waals surface area (Å²) in [6.45, 7) is 2.82. The molecule has 0 bridgehead atoms. The average molecular weight is 590 g/mol.